The molecular weight excluding hydrogens is 284 g/mol. The molecule has 1 aliphatic rings. The number of benzene rings is 1. The Morgan fingerprint density at radius 2 is 1.96 bits per heavy atom. The van der Waals surface area contributed by atoms with Crippen LogP contribution in [0.25, 0.3) is 12.2 Å². The van der Waals surface area contributed by atoms with E-state index in [-0.39, 0.29) is 0 Å². The number of quaternary nitrogens is 1. The number of rotatable bonds is 5. The van der Waals surface area contributed by atoms with Crippen LogP contribution in [0, 0.1) is 0 Å². The number of ether oxygens (including phenoxy) is 1. The highest BCUT2D eigenvalue weighted by Gasteiger charge is 2.17. The maximum atomic E-state index is 5.55. The molecule has 1 aromatic carbocycles. The van der Waals surface area contributed by atoms with E-state index in [1.807, 2.05) is 6.07 Å². The molecular formula is C20H26N2O+2. The summed E-state index contributed by atoms with van der Waals surface area (Å²) >= 11 is 0. The van der Waals surface area contributed by atoms with Crippen molar-refractivity contribution in [2.24, 2.45) is 7.05 Å². The van der Waals surface area contributed by atoms with Gasteiger partial charge in [0.05, 0.1) is 20.2 Å². The second kappa shape index (κ2) is 7.42. The first kappa shape index (κ1) is 15.8. The zero-order valence-electron chi connectivity index (χ0n) is 14.1. The van der Waals surface area contributed by atoms with Crippen LogP contribution in [0.4, 0.5) is 0 Å². The van der Waals surface area contributed by atoms with Crippen molar-refractivity contribution >= 4 is 12.2 Å². The lowest BCUT2D eigenvalue weighted by molar-refractivity contribution is -0.901. The molecule has 0 atom stereocenters. The lowest BCUT2D eigenvalue weighted by Gasteiger charge is -2.15. The molecule has 3 heteroatoms. The van der Waals surface area contributed by atoms with Crippen molar-refractivity contribution < 1.29 is 14.2 Å². The number of hydrogen-bond acceptors (Lipinski definition) is 1. The van der Waals surface area contributed by atoms with E-state index in [4.69, 9.17) is 4.74 Å². The predicted molar refractivity (Wildman–Crippen MR) is 93.2 cm³/mol. The Labute approximate surface area is 138 Å². The normalized spacial score (nSPS) is 15.4. The van der Waals surface area contributed by atoms with Crippen LogP contribution in [0.5, 0.6) is 5.75 Å². The molecule has 3 rings (SSSR count). The molecule has 120 valence electrons. The average molecular weight is 310 g/mol. The van der Waals surface area contributed by atoms with Gasteiger partial charge >= 0.3 is 0 Å². The number of nitrogens with zero attached hydrogens (tertiary/aromatic N) is 1. The molecule has 0 bridgehead atoms. The van der Waals surface area contributed by atoms with Crippen LogP contribution in [-0.4, -0.2) is 20.2 Å². The van der Waals surface area contributed by atoms with Gasteiger partial charge in [-0.3, -0.25) is 0 Å². The Hall–Kier alpha value is -2.13. The molecule has 2 heterocycles. The fourth-order valence-electron chi connectivity index (χ4n) is 3.25. The molecule has 0 saturated carbocycles. The summed E-state index contributed by atoms with van der Waals surface area (Å²) in [6.07, 6.45) is 9.10. The first-order chi connectivity index (χ1) is 11.3. The Morgan fingerprint density at radius 3 is 2.70 bits per heavy atom. The Kier molecular flexibility index (Phi) is 5.09. The second-order valence-electron chi connectivity index (χ2n) is 6.27. The van der Waals surface area contributed by atoms with Crippen LogP contribution in [0.15, 0.2) is 42.6 Å². The molecule has 0 aliphatic carbocycles. The van der Waals surface area contributed by atoms with Gasteiger partial charge in [-0.05, 0) is 29.8 Å². The quantitative estimate of drug-likeness (QED) is 0.835. The van der Waals surface area contributed by atoms with Gasteiger partial charge < -0.3 is 9.64 Å². The van der Waals surface area contributed by atoms with E-state index in [9.17, 15) is 0 Å². The third-order valence-corrected chi connectivity index (χ3v) is 4.60. The number of likely N-dealkylation sites (tertiary alicyclic amines) is 1. The maximum absolute atomic E-state index is 5.55. The van der Waals surface area contributed by atoms with E-state index < -0.39 is 0 Å². The van der Waals surface area contributed by atoms with E-state index in [1.165, 1.54) is 42.8 Å². The smallest absolute Gasteiger partial charge is 0.204 e. The molecule has 1 saturated heterocycles. The van der Waals surface area contributed by atoms with Crippen molar-refractivity contribution in [3.8, 4) is 5.75 Å². The number of pyridine rings is 1. The minimum absolute atomic E-state index is 1.01. The van der Waals surface area contributed by atoms with Crippen LogP contribution in [-0.2, 0) is 13.6 Å². The zero-order valence-corrected chi connectivity index (χ0v) is 14.1. The Balaban J connectivity index is 1.81. The third kappa shape index (κ3) is 3.99. The summed E-state index contributed by atoms with van der Waals surface area (Å²) in [7, 11) is 3.83. The summed E-state index contributed by atoms with van der Waals surface area (Å²) in [5.74, 6) is 1.01. The van der Waals surface area contributed by atoms with Gasteiger partial charge in [0.1, 0.15) is 19.3 Å². The van der Waals surface area contributed by atoms with Gasteiger partial charge in [0.15, 0.2) is 6.20 Å². The lowest BCUT2D eigenvalue weighted by Crippen LogP contribution is -3.08. The average Bonchev–Trinajstić information content (AvgIpc) is 3.07. The van der Waals surface area contributed by atoms with Gasteiger partial charge in [0, 0.05) is 36.6 Å². The second-order valence-corrected chi connectivity index (χ2v) is 6.27. The van der Waals surface area contributed by atoms with E-state index in [0.29, 0.717) is 0 Å². The molecule has 0 unspecified atom stereocenters. The fourth-order valence-corrected chi connectivity index (χ4v) is 3.25. The molecule has 1 fully saturated rings. The number of nitrogens with one attached hydrogen (secondary N) is 1. The highest BCUT2D eigenvalue weighted by Crippen LogP contribution is 2.20. The highest BCUT2D eigenvalue weighted by molar-refractivity contribution is 5.67. The molecule has 1 N–H and O–H groups in total. The summed E-state index contributed by atoms with van der Waals surface area (Å²) < 4.78 is 7.67. The van der Waals surface area contributed by atoms with Crippen molar-refractivity contribution in [1.82, 2.24) is 0 Å². The number of aryl methyl sites for hydroxylation is 1. The van der Waals surface area contributed by atoms with Crippen molar-refractivity contribution in [1.29, 1.82) is 0 Å². The predicted octanol–water partition coefficient (Wildman–Crippen LogP) is 1.87. The molecule has 2 aromatic rings. The molecule has 3 nitrogen and oxygen atoms in total. The van der Waals surface area contributed by atoms with Crippen LogP contribution in [0.2, 0.25) is 0 Å². The Morgan fingerprint density at radius 1 is 1.13 bits per heavy atom. The summed E-state index contributed by atoms with van der Waals surface area (Å²) in [4.78, 5) is 1.67. The van der Waals surface area contributed by atoms with Gasteiger partial charge in [-0.25, -0.2) is 4.57 Å². The van der Waals surface area contributed by atoms with Crippen molar-refractivity contribution in [3.63, 3.8) is 0 Å². The molecule has 0 radical (unpaired) electrons. The van der Waals surface area contributed by atoms with Crippen LogP contribution < -0.4 is 14.2 Å². The molecule has 0 spiro atoms. The van der Waals surface area contributed by atoms with E-state index >= 15 is 0 Å². The van der Waals surface area contributed by atoms with Crippen LogP contribution in [0.3, 0.4) is 0 Å². The minimum Gasteiger partial charge on any atom is -0.496 e. The van der Waals surface area contributed by atoms with Crippen LogP contribution in [0.1, 0.15) is 29.7 Å². The monoisotopic (exact) mass is 310 g/mol. The van der Waals surface area contributed by atoms with E-state index in [2.05, 4.69) is 60.3 Å². The van der Waals surface area contributed by atoms with E-state index in [0.717, 1.165) is 12.3 Å². The summed E-state index contributed by atoms with van der Waals surface area (Å²) in [5.41, 5.74) is 3.72. The number of aromatic nitrogens is 1. The number of hydrogen-bond donors (Lipinski definition) is 1. The maximum Gasteiger partial charge on any atom is 0.204 e. The van der Waals surface area contributed by atoms with Crippen molar-refractivity contribution in [2.45, 2.75) is 19.4 Å². The van der Waals surface area contributed by atoms with Gasteiger partial charge in [-0.15, -0.1) is 0 Å². The largest absolute Gasteiger partial charge is 0.496 e. The highest BCUT2D eigenvalue weighted by atomic mass is 16.5. The van der Waals surface area contributed by atoms with Crippen molar-refractivity contribution in [3.05, 3.63) is 59.4 Å². The molecule has 1 aromatic heterocycles. The van der Waals surface area contributed by atoms with Gasteiger partial charge in [-0.1, -0.05) is 6.07 Å². The number of methoxy groups -OCH3 is 1. The third-order valence-electron chi connectivity index (χ3n) is 4.60. The molecule has 23 heavy (non-hydrogen) atoms. The SMILES string of the molecule is COc1ccc(/C=C/c2cccc[n+]2C)cc1C[NH+]1CCCC1. The standard InChI is InChI=1S/C20H25N2O/c1-21-12-4-3-7-19(21)10-8-17-9-11-20(23-2)18(15-17)16-22-13-5-6-14-22/h3-4,7-12,15H,5-6,13-14,16H2,1-2H3/q+1/p+1/b10-8+. The van der Waals surface area contributed by atoms with Crippen LogP contribution >= 0.6 is 0 Å². The fraction of sp³-hybridized carbons (Fsp3) is 0.350. The summed E-state index contributed by atoms with van der Waals surface area (Å²) in [6, 6.07) is 12.7. The molecule has 1 aliphatic heterocycles. The molecule has 0 amide bonds. The van der Waals surface area contributed by atoms with Gasteiger partial charge in [0.2, 0.25) is 5.69 Å². The van der Waals surface area contributed by atoms with E-state index in [1.54, 1.807) is 12.0 Å². The van der Waals surface area contributed by atoms with Crippen molar-refractivity contribution in [2.75, 3.05) is 20.2 Å². The lowest BCUT2D eigenvalue weighted by atomic mass is 10.1. The minimum atomic E-state index is 1.01. The first-order valence-corrected chi connectivity index (χ1v) is 8.39. The zero-order chi connectivity index (χ0) is 16.1. The van der Waals surface area contributed by atoms with Gasteiger partial charge in [-0.2, -0.15) is 0 Å². The Bertz CT molecular complexity index is 688. The summed E-state index contributed by atoms with van der Waals surface area (Å²) in [5, 5.41) is 0. The topological polar surface area (TPSA) is 17.6 Å². The summed E-state index contributed by atoms with van der Waals surface area (Å²) in [6.45, 7) is 3.62. The first-order valence-electron chi connectivity index (χ1n) is 8.39. The van der Waals surface area contributed by atoms with Gasteiger partial charge in [0.25, 0.3) is 0 Å².